The smallest absolute Gasteiger partial charge is 0.311 e. The van der Waals surface area contributed by atoms with Crippen LogP contribution in [-0.4, -0.2) is 52.8 Å². The monoisotopic (exact) mass is 489 g/mol. The van der Waals surface area contributed by atoms with E-state index < -0.39 is 18.0 Å². The van der Waals surface area contributed by atoms with Gasteiger partial charge in [0.2, 0.25) is 0 Å². The van der Waals surface area contributed by atoms with E-state index in [2.05, 4.69) is 19.2 Å². The first-order valence-corrected chi connectivity index (χ1v) is 12.5. The van der Waals surface area contributed by atoms with Crippen LogP contribution in [0, 0.1) is 18.7 Å². The number of aliphatic carboxylic acids is 1. The molecular formula is C26H32FNO5S. The van der Waals surface area contributed by atoms with Crippen molar-refractivity contribution in [1.29, 1.82) is 0 Å². The zero-order valence-electron chi connectivity index (χ0n) is 19.9. The van der Waals surface area contributed by atoms with Gasteiger partial charge in [0, 0.05) is 34.2 Å². The summed E-state index contributed by atoms with van der Waals surface area (Å²) in [6, 6.07) is 10.4. The maximum absolute atomic E-state index is 13.1. The lowest BCUT2D eigenvalue weighted by atomic mass is 9.95. The predicted molar refractivity (Wildman–Crippen MR) is 129 cm³/mol. The van der Waals surface area contributed by atoms with E-state index in [1.165, 1.54) is 12.1 Å². The number of fused-ring (bicyclic) bond motifs is 3. The molecule has 0 radical (unpaired) electrons. The first kappa shape index (κ1) is 25.0. The van der Waals surface area contributed by atoms with Gasteiger partial charge in [-0.05, 0) is 63.1 Å². The van der Waals surface area contributed by atoms with E-state index in [1.54, 1.807) is 23.9 Å². The first-order chi connectivity index (χ1) is 16.1. The summed E-state index contributed by atoms with van der Waals surface area (Å²) >= 11 is 1.63. The van der Waals surface area contributed by atoms with Gasteiger partial charge in [-0.3, -0.25) is 4.79 Å². The lowest BCUT2D eigenvalue weighted by Gasteiger charge is -2.28. The summed E-state index contributed by atoms with van der Waals surface area (Å²) in [6.07, 6.45) is -1.29. The Morgan fingerprint density at radius 1 is 1.26 bits per heavy atom. The van der Waals surface area contributed by atoms with Crippen molar-refractivity contribution >= 4 is 17.7 Å². The van der Waals surface area contributed by atoms with Gasteiger partial charge in [0.05, 0.1) is 18.8 Å². The topological polar surface area (TPSA) is 88.0 Å². The Kier molecular flexibility index (Phi) is 7.24. The third-order valence-electron chi connectivity index (χ3n) is 6.46. The number of thioether (sulfide) groups is 1. The van der Waals surface area contributed by atoms with Gasteiger partial charge < -0.3 is 25.0 Å². The number of carbonyl (C=O) groups is 1. The molecule has 0 spiro atoms. The first-order valence-electron chi connectivity index (χ1n) is 11.5. The fourth-order valence-corrected chi connectivity index (χ4v) is 5.38. The Bertz CT molecular complexity index is 1040. The number of carboxylic acids is 1. The summed E-state index contributed by atoms with van der Waals surface area (Å²) in [7, 11) is 0. The second-order valence-electron chi connectivity index (χ2n) is 9.82. The van der Waals surface area contributed by atoms with E-state index in [0.717, 1.165) is 33.1 Å². The Morgan fingerprint density at radius 2 is 1.97 bits per heavy atom. The third kappa shape index (κ3) is 5.40. The van der Waals surface area contributed by atoms with E-state index in [4.69, 9.17) is 9.47 Å². The largest absolute Gasteiger partial charge is 0.488 e. The van der Waals surface area contributed by atoms with E-state index in [1.807, 2.05) is 26.0 Å². The van der Waals surface area contributed by atoms with Crippen molar-refractivity contribution in [2.75, 3.05) is 18.9 Å². The molecule has 8 heteroatoms. The third-order valence-corrected chi connectivity index (χ3v) is 7.93. The van der Waals surface area contributed by atoms with Crippen LogP contribution < -0.4 is 10.1 Å². The zero-order valence-corrected chi connectivity index (χ0v) is 20.7. The molecule has 3 N–H and O–H groups in total. The van der Waals surface area contributed by atoms with Crippen LogP contribution in [0.4, 0.5) is 4.39 Å². The molecule has 2 aromatic rings. The van der Waals surface area contributed by atoms with E-state index in [-0.39, 0.29) is 36.1 Å². The van der Waals surface area contributed by atoms with Crippen LogP contribution in [0.3, 0.4) is 0 Å². The van der Waals surface area contributed by atoms with Gasteiger partial charge in [-0.2, -0.15) is 0 Å². The van der Waals surface area contributed by atoms with Crippen molar-refractivity contribution in [2.45, 2.75) is 62.4 Å². The number of aryl methyl sites for hydroxylation is 1. The molecule has 34 heavy (non-hydrogen) atoms. The summed E-state index contributed by atoms with van der Waals surface area (Å²) < 4.78 is 25.0. The van der Waals surface area contributed by atoms with Crippen LogP contribution in [0.15, 0.2) is 41.3 Å². The minimum Gasteiger partial charge on any atom is -0.488 e. The van der Waals surface area contributed by atoms with Gasteiger partial charge in [0.15, 0.2) is 0 Å². The number of β-amino-alcohol motifs (C(OH)–C–C–N with tert-alkyl or cyclic N) is 1. The Labute approximate surface area is 203 Å². The minimum absolute atomic E-state index is 0.126. The highest BCUT2D eigenvalue weighted by atomic mass is 32.2. The van der Waals surface area contributed by atoms with Crippen molar-refractivity contribution < 1.29 is 28.9 Å². The summed E-state index contributed by atoms with van der Waals surface area (Å²) in [5.41, 5.74) is 2.62. The van der Waals surface area contributed by atoms with E-state index in [9.17, 15) is 19.4 Å². The van der Waals surface area contributed by atoms with Gasteiger partial charge in [0.1, 0.15) is 23.6 Å². The molecule has 1 unspecified atom stereocenters. The molecule has 184 valence electrons. The second-order valence-corrected chi connectivity index (χ2v) is 10.9. The van der Waals surface area contributed by atoms with Crippen molar-refractivity contribution in [3.05, 3.63) is 58.9 Å². The number of ether oxygens (including phenoxy) is 2. The quantitative estimate of drug-likeness (QED) is 0.406. The van der Waals surface area contributed by atoms with Crippen LogP contribution in [0.25, 0.3) is 0 Å². The average Bonchev–Trinajstić information content (AvgIpc) is 3.38. The fraction of sp³-hybridized carbons (Fsp3) is 0.500. The van der Waals surface area contributed by atoms with Crippen LogP contribution in [0.5, 0.6) is 5.75 Å². The molecule has 1 saturated carbocycles. The normalized spacial score (nSPS) is 22.5. The van der Waals surface area contributed by atoms with Gasteiger partial charge in [-0.15, -0.1) is 11.8 Å². The zero-order chi connectivity index (χ0) is 24.6. The number of nitrogens with one attached hydrogen (secondary N) is 1. The Balaban J connectivity index is 1.28. The number of carboxylic acid groups (broad SMARTS) is 1. The number of aliphatic hydroxyl groups is 1. The molecule has 1 heterocycles. The van der Waals surface area contributed by atoms with E-state index >= 15 is 0 Å². The molecule has 0 aromatic heterocycles. The molecule has 5 atom stereocenters. The summed E-state index contributed by atoms with van der Waals surface area (Å²) in [6.45, 7) is 8.50. The maximum atomic E-state index is 13.1. The van der Waals surface area contributed by atoms with Crippen molar-refractivity contribution in [3.63, 3.8) is 0 Å². The van der Waals surface area contributed by atoms with Gasteiger partial charge >= 0.3 is 5.97 Å². The van der Waals surface area contributed by atoms with Crippen LogP contribution in [-0.2, 0) is 9.53 Å². The van der Waals surface area contributed by atoms with E-state index in [0.29, 0.717) is 6.54 Å². The molecule has 1 fully saturated rings. The van der Waals surface area contributed by atoms with Crippen molar-refractivity contribution in [2.24, 2.45) is 5.92 Å². The molecule has 2 aromatic carbocycles. The number of hydrogen-bond donors (Lipinski definition) is 3. The average molecular weight is 490 g/mol. The Morgan fingerprint density at radius 3 is 2.65 bits per heavy atom. The van der Waals surface area contributed by atoms with Gasteiger partial charge in [0.25, 0.3) is 0 Å². The SMILES string of the molecule is Cc1ccc([C@@H](C)OCC(O)CNC(C)(C)CSc2ccc(F)cc2)c2c1O[C@@H]1[C@@H](C(=O)O)[C@H]21. The molecular weight excluding hydrogens is 457 g/mol. The van der Waals surface area contributed by atoms with Crippen molar-refractivity contribution in [3.8, 4) is 5.75 Å². The predicted octanol–water partition coefficient (Wildman–Crippen LogP) is 4.29. The van der Waals surface area contributed by atoms with Crippen LogP contribution >= 0.6 is 11.8 Å². The Hall–Kier alpha value is -2.13. The van der Waals surface area contributed by atoms with Crippen LogP contribution in [0.2, 0.25) is 0 Å². The molecule has 0 bridgehead atoms. The number of benzene rings is 2. The molecule has 2 aliphatic rings. The van der Waals surface area contributed by atoms with Gasteiger partial charge in [-0.25, -0.2) is 4.39 Å². The molecule has 6 nitrogen and oxygen atoms in total. The lowest BCUT2D eigenvalue weighted by molar-refractivity contribution is -0.139. The summed E-state index contributed by atoms with van der Waals surface area (Å²) in [5, 5.41) is 23.3. The molecule has 0 amide bonds. The molecule has 0 saturated heterocycles. The summed E-state index contributed by atoms with van der Waals surface area (Å²) in [4.78, 5) is 12.5. The van der Waals surface area contributed by atoms with Crippen LogP contribution in [0.1, 0.15) is 49.5 Å². The number of aliphatic hydroxyl groups excluding tert-OH is 1. The highest BCUT2D eigenvalue weighted by Gasteiger charge is 2.64. The fourth-order valence-electron chi connectivity index (χ4n) is 4.43. The standard InChI is InChI=1S/C26H32FNO5S/c1-14-5-10-19(20-21-22(25(30)31)24(21)33-23(14)20)15(2)32-12-17(29)11-28-26(3,4)13-34-18-8-6-16(27)7-9-18/h5-10,15,17,21-22,24,28-29H,11-13H2,1-4H3,(H,30,31)/t15-,17?,21+,22+,24+/m1/s1. The van der Waals surface area contributed by atoms with Crippen molar-refractivity contribution in [1.82, 2.24) is 5.32 Å². The second kappa shape index (κ2) is 9.85. The number of rotatable bonds is 11. The number of halogens is 1. The minimum atomic E-state index is -0.830. The van der Waals surface area contributed by atoms with Gasteiger partial charge in [-0.1, -0.05) is 12.1 Å². The molecule has 4 rings (SSSR count). The molecule has 1 aliphatic heterocycles. The highest BCUT2D eigenvalue weighted by Crippen LogP contribution is 2.61. The highest BCUT2D eigenvalue weighted by molar-refractivity contribution is 7.99. The molecule has 1 aliphatic carbocycles. The number of hydrogen-bond acceptors (Lipinski definition) is 6. The maximum Gasteiger partial charge on any atom is 0.311 e. The summed E-state index contributed by atoms with van der Waals surface area (Å²) in [5.74, 6) is -0.164. The lowest BCUT2D eigenvalue weighted by Crippen LogP contribution is -2.46.